The van der Waals surface area contributed by atoms with Gasteiger partial charge in [0.05, 0.1) is 17.5 Å². The van der Waals surface area contributed by atoms with Gasteiger partial charge in [0.25, 0.3) is 5.91 Å². The fourth-order valence-electron chi connectivity index (χ4n) is 4.57. The van der Waals surface area contributed by atoms with Crippen molar-refractivity contribution in [1.29, 1.82) is 5.26 Å². The number of likely N-dealkylation sites (tertiary alicyclic amines) is 1. The van der Waals surface area contributed by atoms with E-state index >= 15 is 0 Å². The van der Waals surface area contributed by atoms with Crippen molar-refractivity contribution in [3.8, 4) is 6.07 Å². The predicted molar refractivity (Wildman–Crippen MR) is 139 cm³/mol. The molecule has 1 saturated heterocycles. The molecular weight excluding hydrogens is 535 g/mol. The number of anilines is 1. The maximum atomic E-state index is 14.7. The van der Waals surface area contributed by atoms with Gasteiger partial charge in [-0.3, -0.25) is 14.4 Å². The number of nitriles is 1. The molecule has 1 aliphatic heterocycles. The van der Waals surface area contributed by atoms with Gasteiger partial charge in [-0.2, -0.15) is 5.26 Å². The molecule has 2 heterocycles. The number of benzene rings is 2. The van der Waals surface area contributed by atoms with Crippen LogP contribution >= 0.6 is 11.6 Å². The number of hydrogen-bond acceptors (Lipinski definition) is 4. The van der Waals surface area contributed by atoms with Gasteiger partial charge in [-0.05, 0) is 56.7 Å². The van der Waals surface area contributed by atoms with Crippen LogP contribution in [0.5, 0.6) is 0 Å². The van der Waals surface area contributed by atoms with Gasteiger partial charge in [0.15, 0.2) is 0 Å². The summed E-state index contributed by atoms with van der Waals surface area (Å²) >= 11 is 5.87. The lowest BCUT2D eigenvalue weighted by Crippen LogP contribution is -2.52. The van der Waals surface area contributed by atoms with Gasteiger partial charge in [-0.25, -0.2) is 13.2 Å². The largest absolute Gasteiger partial charge is 0.350 e. The van der Waals surface area contributed by atoms with Crippen LogP contribution in [0.2, 0.25) is 5.02 Å². The smallest absolute Gasteiger partial charge is 0.268 e. The molecule has 0 spiro atoms. The number of aromatic nitrogens is 1. The molecule has 3 atom stereocenters. The Bertz CT molecular complexity index is 1460. The number of aromatic amines is 1. The van der Waals surface area contributed by atoms with E-state index in [0.717, 1.165) is 17.0 Å². The van der Waals surface area contributed by atoms with E-state index < -0.39 is 59.4 Å². The quantitative estimate of drug-likeness (QED) is 0.388. The predicted octanol–water partition coefficient (Wildman–Crippen LogP) is 4.72. The van der Waals surface area contributed by atoms with Crippen LogP contribution in [0.1, 0.15) is 37.2 Å². The summed E-state index contributed by atoms with van der Waals surface area (Å²) in [5.74, 6) is -4.45. The molecule has 8 nitrogen and oxygen atoms in total. The molecule has 0 bridgehead atoms. The summed E-state index contributed by atoms with van der Waals surface area (Å²) in [4.78, 5) is 43.1. The molecule has 1 fully saturated rings. The number of nitrogens with one attached hydrogen (secondary N) is 3. The lowest BCUT2D eigenvalue weighted by Gasteiger charge is -2.29. The number of alkyl halides is 1. The molecule has 4 rings (SSSR count). The molecule has 0 aliphatic carbocycles. The number of rotatable bonds is 7. The second kappa shape index (κ2) is 11.0. The summed E-state index contributed by atoms with van der Waals surface area (Å²) in [5, 5.41) is 15.3. The van der Waals surface area contributed by atoms with Crippen molar-refractivity contribution >= 4 is 45.9 Å². The molecule has 12 heteroatoms. The zero-order valence-electron chi connectivity index (χ0n) is 21.0. The topological polar surface area (TPSA) is 118 Å². The zero-order valence-corrected chi connectivity index (χ0v) is 21.8. The van der Waals surface area contributed by atoms with Crippen molar-refractivity contribution in [2.75, 3.05) is 11.9 Å². The number of halogens is 4. The first-order valence-electron chi connectivity index (χ1n) is 12.1. The molecule has 39 heavy (non-hydrogen) atoms. The highest BCUT2D eigenvalue weighted by Crippen LogP contribution is 2.28. The first-order chi connectivity index (χ1) is 18.3. The third kappa shape index (κ3) is 6.52. The number of fused-ring (bicyclic) bond motifs is 1. The average molecular weight is 560 g/mol. The van der Waals surface area contributed by atoms with Crippen LogP contribution < -0.4 is 10.6 Å². The molecular formula is C27H25ClF3N5O3. The van der Waals surface area contributed by atoms with Crippen LogP contribution in [0.3, 0.4) is 0 Å². The Labute approximate surface area is 227 Å². The van der Waals surface area contributed by atoms with Gasteiger partial charge in [-0.1, -0.05) is 11.6 Å². The van der Waals surface area contributed by atoms with E-state index in [4.69, 9.17) is 11.6 Å². The number of nitrogens with zero attached hydrogens (tertiary/aromatic N) is 2. The van der Waals surface area contributed by atoms with E-state index in [2.05, 4.69) is 15.6 Å². The minimum absolute atomic E-state index is 0.0324. The summed E-state index contributed by atoms with van der Waals surface area (Å²) in [6.45, 7) is 2.34. The van der Waals surface area contributed by atoms with Crippen LogP contribution in [0, 0.1) is 28.9 Å². The van der Waals surface area contributed by atoms with Crippen LogP contribution in [-0.4, -0.2) is 51.9 Å². The molecule has 3 unspecified atom stereocenters. The Hall–Kier alpha value is -4.04. The molecule has 204 valence electrons. The van der Waals surface area contributed by atoms with Crippen molar-refractivity contribution in [1.82, 2.24) is 15.2 Å². The molecule has 0 radical (unpaired) electrons. The zero-order chi connectivity index (χ0) is 28.5. The first kappa shape index (κ1) is 28.0. The Morgan fingerprint density at radius 2 is 1.90 bits per heavy atom. The normalized spacial score (nSPS) is 18.0. The number of hydrogen-bond donors (Lipinski definition) is 3. The van der Waals surface area contributed by atoms with E-state index in [-0.39, 0.29) is 29.6 Å². The van der Waals surface area contributed by atoms with Gasteiger partial charge >= 0.3 is 0 Å². The minimum atomic E-state index is -1.89. The minimum Gasteiger partial charge on any atom is -0.350 e. The van der Waals surface area contributed by atoms with E-state index in [9.17, 15) is 32.8 Å². The van der Waals surface area contributed by atoms with Gasteiger partial charge in [-0.15, -0.1) is 0 Å². The maximum absolute atomic E-state index is 14.7. The molecule has 3 aromatic rings. The highest BCUT2D eigenvalue weighted by Gasteiger charge is 2.42. The van der Waals surface area contributed by atoms with Gasteiger partial charge in [0, 0.05) is 35.1 Å². The SMILES string of the molecule is CC(C)(F)CC(NC(=O)c1cc2c(F)cc(F)cc2[nH]1)C(=O)N1CC(C(=O)Nc2ccc(Cl)cc2)CC1C#N. The average Bonchev–Trinajstić information content (AvgIpc) is 3.48. The standard InChI is InChI=1S/C27H25ClF3N5O3/c1-27(2,31)11-23(35-25(38)22-10-19-20(30)8-16(29)9-21(19)34-22)26(39)36-13-14(7-18(36)12-32)24(37)33-17-5-3-15(28)4-6-17/h3-6,8-10,14,18,23,34H,7,11,13H2,1-2H3,(H,33,37)(H,35,38). The van der Waals surface area contributed by atoms with E-state index in [1.165, 1.54) is 13.8 Å². The molecule has 2 aromatic carbocycles. The van der Waals surface area contributed by atoms with Crippen LogP contribution in [0.4, 0.5) is 18.9 Å². The van der Waals surface area contributed by atoms with Crippen molar-refractivity contribution < 1.29 is 27.6 Å². The number of carbonyl (C=O) groups excluding carboxylic acids is 3. The van der Waals surface area contributed by atoms with Crippen LogP contribution in [-0.2, 0) is 9.59 Å². The van der Waals surface area contributed by atoms with Crippen molar-refractivity contribution in [2.24, 2.45) is 5.92 Å². The van der Waals surface area contributed by atoms with E-state index in [1.807, 2.05) is 6.07 Å². The first-order valence-corrected chi connectivity index (χ1v) is 12.5. The van der Waals surface area contributed by atoms with E-state index in [1.54, 1.807) is 24.3 Å². The summed E-state index contributed by atoms with van der Waals surface area (Å²) in [5.41, 5.74) is -1.54. The Kier molecular flexibility index (Phi) is 7.88. The highest BCUT2D eigenvalue weighted by molar-refractivity contribution is 6.30. The monoisotopic (exact) mass is 559 g/mol. The van der Waals surface area contributed by atoms with Gasteiger partial charge in [0.1, 0.15) is 35.1 Å². The van der Waals surface area contributed by atoms with Gasteiger partial charge in [0.2, 0.25) is 11.8 Å². The Morgan fingerprint density at radius 1 is 1.21 bits per heavy atom. The van der Waals surface area contributed by atoms with Crippen LogP contribution in [0.15, 0.2) is 42.5 Å². The number of amides is 3. The maximum Gasteiger partial charge on any atom is 0.268 e. The molecule has 1 aromatic heterocycles. The van der Waals surface area contributed by atoms with Crippen molar-refractivity contribution in [3.05, 3.63) is 64.8 Å². The third-order valence-corrected chi connectivity index (χ3v) is 6.66. The van der Waals surface area contributed by atoms with Gasteiger partial charge < -0.3 is 20.5 Å². The molecule has 1 aliphatic rings. The van der Waals surface area contributed by atoms with Crippen LogP contribution in [0.25, 0.3) is 10.9 Å². The summed E-state index contributed by atoms with van der Waals surface area (Å²) in [6, 6.07) is 8.88. The summed E-state index contributed by atoms with van der Waals surface area (Å²) in [6.07, 6.45) is -0.384. The third-order valence-electron chi connectivity index (χ3n) is 6.41. The lowest BCUT2D eigenvalue weighted by atomic mass is 9.99. The van der Waals surface area contributed by atoms with E-state index in [0.29, 0.717) is 16.8 Å². The second-order valence-corrected chi connectivity index (χ2v) is 10.5. The summed E-state index contributed by atoms with van der Waals surface area (Å²) < 4.78 is 42.4. The Morgan fingerprint density at radius 3 is 2.54 bits per heavy atom. The lowest BCUT2D eigenvalue weighted by molar-refractivity contribution is -0.134. The molecule has 3 amide bonds. The fraction of sp³-hybridized carbons (Fsp3) is 0.333. The second-order valence-electron chi connectivity index (χ2n) is 10.0. The van der Waals surface area contributed by atoms with Crippen molar-refractivity contribution in [2.45, 2.75) is 44.4 Å². The number of H-pyrrole nitrogens is 1. The summed E-state index contributed by atoms with van der Waals surface area (Å²) in [7, 11) is 0. The fourth-order valence-corrected chi connectivity index (χ4v) is 4.70. The van der Waals surface area contributed by atoms with Crippen molar-refractivity contribution in [3.63, 3.8) is 0 Å². The Balaban J connectivity index is 1.52. The molecule has 0 saturated carbocycles. The highest BCUT2D eigenvalue weighted by atomic mass is 35.5. The number of carbonyl (C=O) groups is 3. The molecule has 3 N–H and O–H groups in total.